The molecule has 88 valence electrons. The highest BCUT2D eigenvalue weighted by molar-refractivity contribution is 5.85. The lowest BCUT2D eigenvalue weighted by atomic mass is 10.1. The Balaban J connectivity index is 2.01. The smallest absolute Gasteiger partial charge is 0.253 e. The van der Waals surface area contributed by atoms with Crippen LogP contribution in [-0.2, 0) is 0 Å². The van der Waals surface area contributed by atoms with Crippen molar-refractivity contribution in [1.82, 2.24) is 4.98 Å². The number of rotatable bonds is 2. The molecule has 0 spiro atoms. The van der Waals surface area contributed by atoms with Crippen LogP contribution < -0.4 is 21.9 Å². The third-order valence-electron chi connectivity index (χ3n) is 2.82. The van der Waals surface area contributed by atoms with Crippen molar-refractivity contribution >= 4 is 28.0 Å². The number of hydrogen-bond donors (Lipinski definition) is 2. The standard InChI is InChI=1S/C13H9N3O2/c14-10-11(13(18)12(10)17)16-8-3-4-9-7(6-8)2-1-5-15-9/h1-6,16H,14H2. The molecule has 0 aliphatic rings. The Labute approximate surface area is 102 Å². The number of nitrogens with two attached hydrogens (primary N) is 1. The summed E-state index contributed by atoms with van der Waals surface area (Å²) in [7, 11) is 0. The molecule has 0 amide bonds. The van der Waals surface area contributed by atoms with Crippen LogP contribution in [0.3, 0.4) is 0 Å². The minimum absolute atomic E-state index is 0.00807. The molecule has 2 aromatic carbocycles. The first-order valence-electron chi connectivity index (χ1n) is 5.37. The highest BCUT2D eigenvalue weighted by atomic mass is 16.2. The van der Waals surface area contributed by atoms with E-state index in [1.54, 1.807) is 12.3 Å². The van der Waals surface area contributed by atoms with Crippen LogP contribution in [0.4, 0.5) is 17.1 Å². The van der Waals surface area contributed by atoms with Gasteiger partial charge in [-0.1, -0.05) is 6.07 Å². The zero-order valence-electron chi connectivity index (χ0n) is 9.31. The lowest BCUT2D eigenvalue weighted by molar-refractivity contribution is 1.38. The van der Waals surface area contributed by atoms with Gasteiger partial charge in [0.05, 0.1) is 5.52 Å². The van der Waals surface area contributed by atoms with E-state index in [2.05, 4.69) is 10.3 Å². The van der Waals surface area contributed by atoms with E-state index in [1.165, 1.54) is 0 Å². The third-order valence-corrected chi connectivity index (χ3v) is 2.82. The molecule has 3 N–H and O–H groups in total. The number of nitrogens with zero attached hydrogens (tertiary/aromatic N) is 1. The fraction of sp³-hybridized carbons (Fsp3) is 0. The highest BCUT2D eigenvalue weighted by Crippen LogP contribution is 2.21. The van der Waals surface area contributed by atoms with Crippen LogP contribution in [0, 0.1) is 0 Å². The summed E-state index contributed by atoms with van der Waals surface area (Å²) in [5, 5.41) is 3.80. The van der Waals surface area contributed by atoms with Crippen molar-refractivity contribution in [3.8, 4) is 0 Å². The van der Waals surface area contributed by atoms with Gasteiger partial charge < -0.3 is 11.1 Å². The Bertz CT molecular complexity index is 816. The number of nitrogens with one attached hydrogen (secondary N) is 1. The molecule has 0 saturated heterocycles. The van der Waals surface area contributed by atoms with Gasteiger partial charge in [0.15, 0.2) is 0 Å². The second kappa shape index (κ2) is 3.66. The SMILES string of the molecule is Nc1c(Nc2ccc3ncccc3c2)c(=O)c1=O. The molecule has 18 heavy (non-hydrogen) atoms. The van der Waals surface area contributed by atoms with Gasteiger partial charge in [0, 0.05) is 17.3 Å². The molecule has 1 heterocycles. The molecule has 1 aromatic heterocycles. The van der Waals surface area contributed by atoms with E-state index in [0.29, 0.717) is 5.69 Å². The van der Waals surface area contributed by atoms with E-state index in [-0.39, 0.29) is 11.4 Å². The molecule has 0 radical (unpaired) electrons. The van der Waals surface area contributed by atoms with Gasteiger partial charge >= 0.3 is 0 Å². The van der Waals surface area contributed by atoms with Gasteiger partial charge in [-0.2, -0.15) is 0 Å². The summed E-state index contributed by atoms with van der Waals surface area (Å²) in [6.07, 6.45) is 1.71. The van der Waals surface area contributed by atoms with Gasteiger partial charge in [-0.25, -0.2) is 0 Å². The molecule has 0 bridgehead atoms. The Kier molecular flexibility index (Phi) is 2.13. The maximum Gasteiger partial charge on any atom is 0.253 e. The van der Waals surface area contributed by atoms with Gasteiger partial charge in [-0.3, -0.25) is 14.6 Å². The Hall–Kier alpha value is -2.69. The minimum Gasteiger partial charge on any atom is -0.394 e. The summed E-state index contributed by atoms with van der Waals surface area (Å²) < 4.78 is 0. The van der Waals surface area contributed by atoms with E-state index in [9.17, 15) is 9.59 Å². The maximum atomic E-state index is 11.3. The molecule has 0 fully saturated rings. The van der Waals surface area contributed by atoms with Crippen molar-refractivity contribution in [3.05, 3.63) is 57.0 Å². The molecule has 0 saturated carbocycles. The largest absolute Gasteiger partial charge is 0.394 e. The van der Waals surface area contributed by atoms with Gasteiger partial charge in [0.2, 0.25) is 0 Å². The number of hydrogen-bond acceptors (Lipinski definition) is 5. The Morgan fingerprint density at radius 2 is 1.94 bits per heavy atom. The lowest BCUT2D eigenvalue weighted by Crippen LogP contribution is -2.36. The molecular formula is C13H9N3O2. The second-order valence-corrected chi connectivity index (χ2v) is 3.98. The van der Waals surface area contributed by atoms with Crippen molar-refractivity contribution in [3.63, 3.8) is 0 Å². The van der Waals surface area contributed by atoms with Crippen molar-refractivity contribution in [2.45, 2.75) is 0 Å². The van der Waals surface area contributed by atoms with Gasteiger partial charge in [-0.15, -0.1) is 0 Å². The van der Waals surface area contributed by atoms with E-state index in [4.69, 9.17) is 5.73 Å². The zero-order chi connectivity index (χ0) is 12.7. The van der Waals surface area contributed by atoms with Gasteiger partial charge in [-0.05, 0) is 24.3 Å². The number of pyridine rings is 1. The predicted molar refractivity (Wildman–Crippen MR) is 70.8 cm³/mol. The average molecular weight is 239 g/mol. The van der Waals surface area contributed by atoms with Crippen molar-refractivity contribution in [2.75, 3.05) is 11.1 Å². The van der Waals surface area contributed by atoms with Crippen LogP contribution in [0.15, 0.2) is 46.1 Å². The second-order valence-electron chi connectivity index (χ2n) is 3.98. The first-order valence-corrected chi connectivity index (χ1v) is 5.37. The molecule has 3 rings (SSSR count). The molecule has 5 nitrogen and oxygen atoms in total. The van der Waals surface area contributed by atoms with Crippen LogP contribution in [0.5, 0.6) is 0 Å². The monoisotopic (exact) mass is 239 g/mol. The molecule has 0 aliphatic heterocycles. The number of nitrogen functional groups attached to an aromatic ring is 1. The highest BCUT2D eigenvalue weighted by Gasteiger charge is 2.17. The fourth-order valence-corrected chi connectivity index (χ4v) is 1.83. The van der Waals surface area contributed by atoms with Gasteiger partial charge in [0.25, 0.3) is 10.9 Å². The first kappa shape index (κ1) is 10.5. The summed E-state index contributed by atoms with van der Waals surface area (Å²) in [6, 6.07) is 9.21. The van der Waals surface area contributed by atoms with E-state index in [1.807, 2.05) is 24.3 Å². The van der Waals surface area contributed by atoms with Crippen LogP contribution in [-0.4, -0.2) is 4.98 Å². The molecule has 5 heteroatoms. The van der Waals surface area contributed by atoms with E-state index < -0.39 is 10.9 Å². The van der Waals surface area contributed by atoms with Crippen molar-refractivity contribution in [2.24, 2.45) is 0 Å². The normalized spacial score (nSPS) is 10.9. The summed E-state index contributed by atoms with van der Waals surface area (Å²) in [5.41, 5.74) is 5.98. The number of anilines is 3. The third kappa shape index (κ3) is 1.45. The lowest BCUT2D eigenvalue weighted by Gasteiger charge is -2.10. The van der Waals surface area contributed by atoms with Crippen molar-refractivity contribution in [1.29, 1.82) is 0 Å². The molecule has 0 unspecified atom stereocenters. The Morgan fingerprint density at radius 1 is 1.11 bits per heavy atom. The van der Waals surface area contributed by atoms with E-state index in [0.717, 1.165) is 10.9 Å². The summed E-state index contributed by atoms with van der Waals surface area (Å²) in [5.74, 6) is 0. The molecular weight excluding hydrogens is 230 g/mol. The van der Waals surface area contributed by atoms with Crippen LogP contribution >= 0.6 is 0 Å². The number of fused-ring (bicyclic) bond motifs is 1. The van der Waals surface area contributed by atoms with E-state index >= 15 is 0 Å². The van der Waals surface area contributed by atoms with Crippen LogP contribution in [0.2, 0.25) is 0 Å². The molecule has 3 aromatic rings. The topological polar surface area (TPSA) is 85.1 Å². The number of benzene rings is 1. The summed E-state index contributed by atoms with van der Waals surface area (Å²) in [4.78, 5) is 26.5. The first-order chi connectivity index (χ1) is 8.66. The predicted octanol–water partition coefficient (Wildman–Crippen LogP) is 1.16. The zero-order valence-corrected chi connectivity index (χ0v) is 9.31. The molecule has 0 atom stereocenters. The minimum atomic E-state index is -0.625. The van der Waals surface area contributed by atoms with Crippen molar-refractivity contribution < 1.29 is 0 Å². The summed E-state index contributed by atoms with van der Waals surface area (Å²) in [6.45, 7) is 0. The van der Waals surface area contributed by atoms with Crippen LogP contribution in [0.25, 0.3) is 10.9 Å². The quantitative estimate of drug-likeness (QED) is 0.655. The summed E-state index contributed by atoms with van der Waals surface area (Å²) >= 11 is 0. The fourth-order valence-electron chi connectivity index (χ4n) is 1.83. The number of aromatic nitrogens is 1. The maximum absolute atomic E-state index is 11.3. The van der Waals surface area contributed by atoms with Crippen LogP contribution in [0.1, 0.15) is 0 Å². The Morgan fingerprint density at radius 3 is 2.72 bits per heavy atom. The molecule has 0 aliphatic carbocycles. The van der Waals surface area contributed by atoms with Gasteiger partial charge in [0.1, 0.15) is 11.4 Å². The average Bonchev–Trinajstić information content (AvgIpc) is 2.43.